The number of hydrogen-bond donors (Lipinski definition) is 1. The Labute approximate surface area is 106 Å². The third kappa shape index (κ3) is 2.51. The zero-order chi connectivity index (χ0) is 12.3. The molecule has 2 aliphatic heterocycles. The molecule has 2 atom stereocenters. The van der Waals surface area contributed by atoms with Crippen molar-refractivity contribution in [1.29, 1.82) is 0 Å². The van der Waals surface area contributed by atoms with Crippen molar-refractivity contribution in [2.24, 2.45) is 5.73 Å². The molecule has 0 amide bonds. The predicted molar refractivity (Wildman–Crippen MR) is 73.2 cm³/mol. The minimum atomic E-state index is 0.281. The molecule has 100 valence electrons. The first-order chi connectivity index (χ1) is 8.25. The number of nitrogens with zero attached hydrogens (tertiary/aromatic N) is 2. The summed E-state index contributed by atoms with van der Waals surface area (Å²) in [6.07, 6.45) is 6.49. The fourth-order valence-electron chi connectivity index (χ4n) is 3.82. The molecule has 0 saturated carbocycles. The van der Waals surface area contributed by atoms with Crippen LogP contribution in [0.3, 0.4) is 0 Å². The highest BCUT2D eigenvalue weighted by Gasteiger charge is 2.39. The van der Waals surface area contributed by atoms with Crippen LogP contribution < -0.4 is 5.73 Å². The number of piperazine rings is 1. The van der Waals surface area contributed by atoms with E-state index in [1.54, 1.807) is 0 Å². The fourth-order valence-corrected chi connectivity index (χ4v) is 3.82. The third-order valence-electron chi connectivity index (χ3n) is 5.01. The van der Waals surface area contributed by atoms with E-state index in [0.717, 1.165) is 12.6 Å². The van der Waals surface area contributed by atoms with Gasteiger partial charge >= 0.3 is 0 Å². The number of rotatable bonds is 5. The van der Waals surface area contributed by atoms with Crippen LogP contribution in [0, 0.1) is 0 Å². The van der Waals surface area contributed by atoms with E-state index in [9.17, 15) is 0 Å². The first kappa shape index (κ1) is 13.3. The Bertz CT molecular complexity index is 238. The molecule has 2 unspecified atom stereocenters. The lowest BCUT2D eigenvalue weighted by atomic mass is 9.87. The largest absolute Gasteiger partial charge is 0.329 e. The van der Waals surface area contributed by atoms with Gasteiger partial charge in [-0.3, -0.25) is 9.80 Å². The summed E-state index contributed by atoms with van der Waals surface area (Å²) in [6.45, 7) is 10.5. The van der Waals surface area contributed by atoms with Gasteiger partial charge in [-0.1, -0.05) is 20.3 Å². The molecule has 2 rings (SSSR count). The summed E-state index contributed by atoms with van der Waals surface area (Å²) in [7, 11) is 0. The van der Waals surface area contributed by atoms with E-state index in [4.69, 9.17) is 5.73 Å². The highest BCUT2D eigenvalue weighted by Crippen LogP contribution is 2.30. The molecule has 3 nitrogen and oxygen atoms in total. The summed E-state index contributed by atoms with van der Waals surface area (Å²) >= 11 is 0. The summed E-state index contributed by atoms with van der Waals surface area (Å²) in [5.41, 5.74) is 6.40. The second kappa shape index (κ2) is 5.68. The maximum atomic E-state index is 6.12. The standard InChI is InChI=1S/C14H29N3/c1-3-7-14(4-2,12-15)17-10-9-16-8-5-6-13(16)11-17/h13H,3-12,15H2,1-2H3. The molecular formula is C14H29N3. The van der Waals surface area contributed by atoms with Gasteiger partial charge in [0.1, 0.15) is 0 Å². The molecule has 0 aromatic heterocycles. The van der Waals surface area contributed by atoms with Gasteiger partial charge in [-0.2, -0.15) is 0 Å². The summed E-state index contributed by atoms with van der Waals surface area (Å²) in [6, 6.07) is 0.818. The molecule has 0 aromatic rings. The van der Waals surface area contributed by atoms with Crippen LogP contribution in [0.2, 0.25) is 0 Å². The Morgan fingerprint density at radius 2 is 2.06 bits per heavy atom. The monoisotopic (exact) mass is 239 g/mol. The van der Waals surface area contributed by atoms with Gasteiger partial charge in [-0.25, -0.2) is 0 Å². The topological polar surface area (TPSA) is 32.5 Å². The second-order valence-electron chi connectivity index (χ2n) is 5.81. The average Bonchev–Trinajstić information content (AvgIpc) is 2.83. The molecule has 2 heterocycles. The first-order valence-corrected chi connectivity index (χ1v) is 7.45. The van der Waals surface area contributed by atoms with Gasteiger partial charge in [0.15, 0.2) is 0 Å². The van der Waals surface area contributed by atoms with E-state index in [2.05, 4.69) is 23.6 Å². The van der Waals surface area contributed by atoms with Crippen LogP contribution in [-0.4, -0.2) is 54.1 Å². The normalized spacial score (nSPS) is 30.2. The van der Waals surface area contributed by atoms with E-state index in [0.29, 0.717) is 0 Å². The van der Waals surface area contributed by atoms with Crippen LogP contribution >= 0.6 is 0 Å². The summed E-state index contributed by atoms with van der Waals surface area (Å²) in [5.74, 6) is 0. The maximum Gasteiger partial charge on any atom is 0.0330 e. The van der Waals surface area contributed by atoms with Crippen molar-refractivity contribution in [1.82, 2.24) is 9.80 Å². The van der Waals surface area contributed by atoms with Crippen LogP contribution in [0.15, 0.2) is 0 Å². The van der Waals surface area contributed by atoms with Crippen molar-refractivity contribution in [3.63, 3.8) is 0 Å². The molecule has 0 aromatic carbocycles. The molecule has 0 spiro atoms. The molecule has 17 heavy (non-hydrogen) atoms. The molecule has 3 heteroatoms. The van der Waals surface area contributed by atoms with Crippen molar-refractivity contribution in [2.75, 3.05) is 32.7 Å². The number of fused-ring (bicyclic) bond motifs is 1. The lowest BCUT2D eigenvalue weighted by Crippen LogP contribution is -2.61. The predicted octanol–water partition coefficient (Wildman–Crippen LogP) is 1.67. The maximum absolute atomic E-state index is 6.12. The van der Waals surface area contributed by atoms with Gasteiger partial charge in [-0.05, 0) is 32.2 Å². The van der Waals surface area contributed by atoms with Crippen LogP contribution in [0.4, 0.5) is 0 Å². The highest BCUT2D eigenvalue weighted by atomic mass is 15.3. The average molecular weight is 239 g/mol. The summed E-state index contributed by atoms with van der Waals surface area (Å²) in [4.78, 5) is 5.39. The molecule has 0 bridgehead atoms. The minimum Gasteiger partial charge on any atom is -0.329 e. The SMILES string of the molecule is CCCC(CC)(CN)N1CCN2CCCC2C1. The molecule has 2 N–H and O–H groups in total. The van der Waals surface area contributed by atoms with Crippen molar-refractivity contribution >= 4 is 0 Å². The van der Waals surface area contributed by atoms with Gasteiger partial charge in [0.05, 0.1) is 0 Å². The smallest absolute Gasteiger partial charge is 0.0330 e. The van der Waals surface area contributed by atoms with E-state index in [1.165, 1.54) is 58.3 Å². The van der Waals surface area contributed by atoms with Gasteiger partial charge in [0.25, 0.3) is 0 Å². The van der Waals surface area contributed by atoms with E-state index < -0.39 is 0 Å². The zero-order valence-electron chi connectivity index (χ0n) is 11.6. The van der Waals surface area contributed by atoms with Gasteiger partial charge < -0.3 is 5.73 Å². The Morgan fingerprint density at radius 1 is 1.24 bits per heavy atom. The Hall–Kier alpha value is -0.120. The van der Waals surface area contributed by atoms with E-state index in [1.807, 2.05) is 0 Å². The van der Waals surface area contributed by atoms with E-state index in [-0.39, 0.29) is 5.54 Å². The van der Waals surface area contributed by atoms with Crippen LogP contribution in [0.5, 0.6) is 0 Å². The molecule has 2 aliphatic rings. The highest BCUT2D eigenvalue weighted by molar-refractivity contribution is 4.97. The molecular weight excluding hydrogens is 210 g/mol. The first-order valence-electron chi connectivity index (χ1n) is 7.45. The Morgan fingerprint density at radius 3 is 2.71 bits per heavy atom. The summed E-state index contributed by atoms with van der Waals surface area (Å²) < 4.78 is 0. The van der Waals surface area contributed by atoms with Crippen molar-refractivity contribution in [3.05, 3.63) is 0 Å². The molecule has 0 radical (unpaired) electrons. The fraction of sp³-hybridized carbons (Fsp3) is 1.00. The lowest BCUT2D eigenvalue weighted by Gasteiger charge is -2.49. The van der Waals surface area contributed by atoms with Gasteiger partial charge in [0.2, 0.25) is 0 Å². The van der Waals surface area contributed by atoms with Crippen molar-refractivity contribution < 1.29 is 0 Å². The molecule has 0 aliphatic carbocycles. The summed E-state index contributed by atoms with van der Waals surface area (Å²) in [5, 5.41) is 0. The Balaban J connectivity index is 2.04. The third-order valence-corrected chi connectivity index (χ3v) is 5.01. The Kier molecular flexibility index (Phi) is 4.45. The molecule has 2 fully saturated rings. The van der Waals surface area contributed by atoms with Crippen molar-refractivity contribution in [2.45, 2.75) is 57.5 Å². The van der Waals surface area contributed by atoms with Gasteiger partial charge in [0, 0.05) is 37.8 Å². The van der Waals surface area contributed by atoms with Crippen LogP contribution in [-0.2, 0) is 0 Å². The lowest BCUT2D eigenvalue weighted by molar-refractivity contribution is 0.0104. The van der Waals surface area contributed by atoms with Crippen LogP contribution in [0.1, 0.15) is 46.0 Å². The second-order valence-corrected chi connectivity index (χ2v) is 5.81. The number of nitrogens with two attached hydrogens (primary N) is 1. The zero-order valence-corrected chi connectivity index (χ0v) is 11.6. The van der Waals surface area contributed by atoms with Crippen LogP contribution in [0.25, 0.3) is 0 Å². The van der Waals surface area contributed by atoms with Crippen molar-refractivity contribution in [3.8, 4) is 0 Å². The quantitative estimate of drug-likeness (QED) is 0.792. The van der Waals surface area contributed by atoms with Gasteiger partial charge in [-0.15, -0.1) is 0 Å². The number of hydrogen-bond acceptors (Lipinski definition) is 3. The molecule has 2 saturated heterocycles. The minimum absolute atomic E-state index is 0.281. The van der Waals surface area contributed by atoms with E-state index >= 15 is 0 Å².